The lowest BCUT2D eigenvalue weighted by atomic mass is 10.2. The Morgan fingerprint density at radius 2 is 2.14 bits per heavy atom. The van der Waals surface area contributed by atoms with Gasteiger partial charge in [-0.3, -0.25) is 0 Å². The Morgan fingerprint density at radius 3 is 2.81 bits per heavy atom. The summed E-state index contributed by atoms with van der Waals surface area (Å²) >= 11 is 6.17. The van der Waals surface area contributed by atoms with Gasteiger partial charge in [-0.1, -0.05) is 17.7 Å². The Balaban J connectivity index is 2.39. The molecule has 0 bridgehead atoms. The highest BCUT2D eigenvalue weighted by Gasteiger charge is 2.08. The van der Waals surface area contributed by atoms with Crippen molar-refractivity contribution in [3.63, 3.8) is 0 Å². The molecule has 0 spiro atoms. The molecule has 0 radical (unpaired) electrons. The van der Waals surface area contributed by atoms with Crippen molar-refractivity contribution in [3.8, 4) is 5.75 Å². The molecule has 0 aliphatic carbocycles. The Labute approximate surface area is 131 Å². The van der Waals surface area contributed by atoms with Crippen LogP contribution in [0, 0.1) is 0 Å². The lowest BCUT2D eigenvalue weighted by Gasteiger charge is -2.14. The molecule has 5 nitrogen and oxygen atoms in total. The zero-order valence-corrected chi connectivity index (χ0v) is 13.4. The van der Waals surface area contributed by atoms with Crippen LogP contribution in [0.25, 0.3) is 0 Å². The first-order valence-electron chi connectivity index (χ1n) is 7.04. The molecule has 2 N–H and O–H groups in total. The molecule has 0 saturated heterocycles. The van der Waals surface area contributed by atoms with Gasteiger partial charge >= 0.3 is 0 Å². The monoisotopic (exact) mass is 317 g/mol. The first-order chi connectivity index (χ1) is 10.2. The lowest BCUT2D eigenvalue weighted by Crippen LogP contribution is -2.23. The van der Waals surface area contributed by atoms with E-state index in [0.29, 0.717) is 24.0 Å². The van der Waals surface area contributed by atoms with Crippen molar-refractivity contribution in [1.82, 2.24) is 5.32 Å². The Kier molecular flexibility index (Phi) is 9.37. The van der Waals surface area contributed by atoms with E-state index in [4.69, 9.17) is 25.8 Å². The van der Waals surface area contributed by atoms with Gasteiger partial charge in [-0.25, -0.2) is 0 Å². The number of hydrogen-bond donors (Lipinski definition) is 2. The number of hydrogen-bond acceptors (Lipinski definition) is 5. The van der Waals surface area contributed by atoms with Gasteiger partial charge in [0.25, 0.3) is 0 Å². The number of aliphatic hydroxyl groups is 1. The highest BCUT2D eigenvalue weighted by molar-refractivity contribution is 6.32. The average molecular weight is 318 g/mol. The Morgan fingerprint density at radius 1 is 1.33 bits per heavy atom. The molecule has 1 unspecified atom stereocenters. The zero-order chi connectivity index (χ0) is 15.5. The van der Waals surface area contributed by atoms with Gasteiger partial charge in [0.15, 0.2) is 0 Å². The van der Waals surface area contributed by atoms with Crippen LogP contribution >= 0.6 is 11.6 Å². The van der Waals surface area contributed by atoms with Crippen molar-refractivity contribution in [1.29, 1.82) is 0 Å². The molecule has 0 aliphatic rings. The van der Waals surface area contributed by atoms with Gasteiger partial charge < -0.3 is 24.6 Å². The fourth-order valence-corrected chi connectivity index (χ4v) is 1.92. The summed E-state index contributed by atoms with van der Waals surface area (Å²) < 4.78 is 15.6. The van der Waals surface area contributed by atoms with Crippen LogP contribution in [0.3, 0.4) is 0 Å². The summed E-state index contributed by atoms with van der Waals surface area (Å²) in [5, 5.41) is 13.4. The molecule has 0 heterocycles. The number of benzene rings is 1. The summed E-state index contributed by atoms with van der Waals surface area (Å²) in [6.07, 6.45) is -0.656. The van der Waals surface area contributed by atoms with Gasteiger partial charge in [0, 0.05) is 26.8 Å². The van der Waals surface area contributed by atoms with Crippen LogP contribution in [0.15, 0.2) is 18.2 Å². The van der Waals surface area contributed by atoms with E-state index in [0.717, 1.165) is 18.7 Å². The number of rotatable bonds is 11. The normalized spacial score (nSPS) is 12.4. The molecule has 6 heteroatoms. The largest absolute Gasteiger partial charge is 0.489 e. The predicted octanol–water partition coefficient (Wildman–Crippen LogP) is 1.85. The molecular formula is C15H24ClNO4. The first kappa shape index (κ1) is 18.2. The summed E-state index contributed by atoms with van der Waals surface area (Å²) in [6, 6.07) is 5.60. The predicted molar refractivity (Wildman–Crippen MR) is 83.0 cm³/mol. The van der Waals surface area contributed by atoms with Gasteiger partial charge in [0.1, 0.15) is 18.5 Å². The molecule has 0 saturated carbocycles. The van der Waals surface area contributed by atoms with E-state index >= 15 is 0 Å². The van der Waals surface area contributed by atoms with Crippen molar-refractivity contribution in [2.45, 2.75) is 19.6 Å². The van der Waals surface area contributed by atoms with E-state index in [1.54, 1.807) is 7.11 Å². The van der Waals surface area contributed by atoms with Crippen LogP contribution in [-0.2, 0) is 16.0 Å². The van der Waals surface area contributed by atoms with Gasteiger partial charge in [0.2, 0.25) is 0 Å². The van der Waals surface area contributed by atoms with Crippen molar-refractivity contribution in [2.75, 3.05) is 40.1 Å². The van der Waals surface area contributed by atoms with Crippen molar-refractivity contribution < 1.29 is 19.3 Å². The summed E-state index contributed by atoms with van der Waals surface area (Å²) in [5.74, 6) is 0.563. The first-order valence-corrected chi connectivity index (χ1v) is 7.41. The van der Waals surface area contributed by atoms with Crippen LogP contribution in [0.1, 0.15) is 12.5 Å². The van der Waals surface area contributed by atoms with Crippen molar-refractivity contribution in [3.05, 3.63) is 28.8 Å². The molecule has 0 fully saturated rings. The second-order valence-electron chi connectivity index (χ2n) is 4.56. The van der Waals surface area contributed by atoms with Crippen LogP contribution in [0.5, 0.6) is 5.75 Å². The number of methoxy groups -OCH3 is 1. The smallest absolute Gasteiger partial charge is 0.138 e. The maximum atomic E-state index is 9.64. The van der Waals surface area contributed by atoms with E-state index in [1.807, 2.05) is 25.1 Å². The molecule has 0 amide bonds. The third kappa shape index (κ3) is 7.64. The van der Waals surface area contributed by atoms with Crippen molar-refractivity contribution >= 4 is 11.6 Å². The minimum atomic E-state index is -0.656. The van der Waals surface area contributed by atoms with E-state index in [-0.39, 0.29) is 13.2 Å². The maximum Gasteiger partial charge on any atom is 0.138 e. The summed E-state index contributed by atoms with van der Waals surface area (Å²) in [6.45, 7) is 5.05. The molecule has 0 aliphatic heterocycles. The fourth-order valence-electron chi connectivity index (χ4n) is 1.67. The minimum absolute atomic E-state index is 0.158. The minimum Gasteiger partial charge on any atom is -0.489 e. The topological polar surface area (TPSA) is 60.0 Å². The standard InChI is InChI=1S/C15H24ClNO4/c1-3-20-10-13(18)11-21-15-5-4-12(8-14(15)16)9-17-6-7-19-2/h4-5,8,13,17-18H,3,6-7,9-11H2,1-2H3. The van der Waals surface area contributed by atoms with Crippen molar-refractivity contribution in [2.24, 2.45) is 0 Å². The van der Waals surface area contributed by atoms with Gasteiger partial charge in [-0.2, -0.15) is 0 Å². The molecular weight excluding hydrogens is 294 g/mol. The van der Waals surface area contributed by atoms with Crippen LogP contribution in [0.2, 0.25) is 5.02 Å². The molecule has 1 rings (SSSR count). The summed E-state index contributed by atoms with van der Waals surface area (Å²) in [5.41, 5.74) is 1.07. The Bertz CT molecular complexity index is 403. The highest BCUT2D eigenvalue weighted by atomic mass is 35.5. The SMILES string of the molecule is CCOCC(O)COc1ccc(CNCCOC)cc1Cl. The molecule has 1 atom stereocenters. The lowest BCUT2D eigenvalue weighted by molar-refractivity contribution is 0.0164. The van der Waals surface area contributed by atoms with Crippen LogP contribution < -0.4 is 10.1 Å². The molecule has 1 aromatic carbocycles. The van der Waals surface area contributed by atoms with E-state index in [9.17, 15) is 5.11 Å². The Hall–Kier alpha value is -0.850. The zero-order valence-electron chi connectivity index (χ0n) is 12.6. The average Bonchev–Trinajstić information content (AvgIpc) is 2.48. The molecule has 1 aromatic rings. The second-order valence-corrected chi connectivity index (χ2v) is 4.97. The van der Waals surface area contributed by atoms with Gasteiger partial charge in [-0.15, -0.1) is 0 Å². The summed E-state index contributed by atoms with van der Waals surface area (Å²) in [4.78, 5) is 0. The van der Waals surface area contributed by atoms with E-state index < -0.39 is 6.10 Å². The van der Waals surface area contributed by atoms with Gasteiger partial charge in [-0.05, 0) is 24.6 Å². The van der Waals surface area contributed by atoms with Gasteiger partial charge in [0.05, 0.1) is 18.2 Å². The van der Waals surface area contributed by atoms with Crippen LogP contribution in [0.4, 0.5) is 0 Å². The summed E-state index contributed by atoms with van der Waals surface area (Å²) in [7, 11) is 1.67. The highest BCUT2D eigenvalue weighted by Crippen LogP contribution is 2.25. The number of ether oxygens (including phenoxy) is 3. The number of halogens is 1. The molecule has 21 heavy (non-hydrogen) atoms. The number of nitrogens with one attached hydrogen (secondary N) is 1. The maximum absolute atomic E-state index is 9.64. The van der Waals surface area contributed by atoms with Crippen LogP contribution in [-0.4, -0.2) is 51.3 Å². The quantitative estimate of drug-likeness (QED) is 0.610. The molecule has 120 valence electrons. The second kappa shape index (κ2) is 10.8. The number of aliphatic hydroxyl groups excluding tert-OH is 1. The van der Waals surface area contributed by atoms with E-state index in [1.165, 1.54) is 0 Å². The third-order valence-electron chi connectivity index (χ3n) is 2.75. The third-order valence-corrected chi connectivity index (χ3v) is 3.05. The fraction of sp³-hybridized carbons (Fsp3) is 0.600. The van der Waals surface area contributed by atoms with E-state index in [2.05, 4.69) is 5.32 Å². The molecule has 0 aromatic heterocycles.